The fourth-order valence-electron chi connectivity index (χ4n) is 3.26. The van der Waals surface area contributed by atoms with Crippen molar-refractivity contribution in [1.82, 2.24) is 9.62 Å². The van der Waals surface area contributed by atoms with Gasteiger partial charge in [0, 0.05) is 45.5 Å². The molecule has 3 N–H and O–H groups in total. The third-order valence-corrected chi connectivity index (χ3v) is 6.77. The highest BCUT2D eigenvalue weighted by atomic mass is 35.5. The maximum atomic E-state index is 13.0. The predicted molar refractivity (Wildman–Crippen MR) is 116 cm³/mol. The van der Waals surface area contributed by atoms with Crippen molar-refractivity contribution in [2.75, 3.05) is 38.6 Å². The van der Waals surface area contributed by atoms with Crippen molar-refractivity contribution < 1.29 is 13.2 Å². The molecule has 0 spiro atoms. The van der Waals surface area contributed by atoms with Gasteiger partial charge < -0.3 is 16.0 Å². The largest absolute Gasteiger partial charge is 0.371 e. The Bertz CT molecular complexity index is 750. The lowest BCUT2D eigenvalue weighted by molar-refractivity contribution is 0.0936. The van der Waals surface area contributed by atoms with E-state index in [1.165, 1.54) is 20.2 Å². The van der Waals surface area contributed by atoms with Gasteiger partial charge in [0.2, 0.25) is 10.0 Å². The molecule has 1 amide bonds. The molecule has 1 aliphatic rings. The Hall–Kier alpha value is -1.35. The molecule has 1 fully saturated rings. The van der Waals surface area contributed by atoms with E-state index < -0.39 is 10.0 Å². The van der Waals surface area contributed by atoms with E-state index in [-0.39, 0.29) is 29.3 Å². The van der Waals surface area contributed by atoms with Gasteiger partial charge in [-0.3, -0.25) is 4.79 Å². The topological polar surface area (TPSA) is 95.7 Å². The van der Waals surface area contributed by atoms with Gasteiger partial charge in [-0.2, -0.15) is 0 Å². The molecule has 1 heterocycles. The Morgan fingerprint density at radius 3 is 2.46 bits per heavy atom. The van der Waals surface area contributed by atoms with Gasteiger partial charge in [0.1, 0.15) is 0 Å². The summed E-state index contributed by atoms with van der Waals surface area (Å²) in [6.45, 7) is 4.20. The number of hydrogen-bond donors (Lipinski definition) is 2. The molecule has 1 aromatic carbocycles. The summed E-state index contributed by atoms with van der Waals surface area (Å²) in [5.74, 6) is -0.265. The summed E-state index contributed by atoms with van der Waals surface area (Å²) in [6, 6.07) is 4.71. The molecule has 0 radical (unpaired) electrons. The molecule has 160 valence electrons. The van der Waals surface area contributed by atoms with E-state index in [1.807, 2.05) is 0 Å². The van der Waals surface area contributed by atoms with Crippen molar-refractivity contribution in [2.45, 2.75) is 50.0 Å². The van der Waals surface area contributed by atoms with Crippen LogP contribution in [-0.2, 0) is 10.0 Å². The molecule has 0 saturated carbocycles. The minimum atomic E-state index is -3.61. The van der Waals surface area contributed by atoms with E-state index in [2.05, 4.69) is 17.1 Å². The molecular formula is C19H33ClN4O3S. The number of carbonyl (C=O) groups is 1. The predicted octanol–water partition coefficient (Wildman–Crippen LogP) is 2.21. The Morgan fingerprint density at radius 2 is 1.93 bits per heavy atom. The fraction of sp³-hybridized carbons (Fsp3) is 0.632. The van der Waals surface area contributed by atoms with Crippen LogP contribution >= 0.6 is 12.4 Å². The van der Waals surface area contributed by atoms with Crippen LogP contribution in [0.1, 0.15) is 49.4 Å². The quantitative estimate of drug-likeness (QED) is 0.623. The average Bonchev–Trinajstić information content (AvgIpc) is 3.18. The number of halogens is 1. The van der Waals surface area contributed by atoms with Gasteiger partial charge in [-0.25, -0.2) is 12.7 Å². The monoisotopic (exact) mass is 432 g/mol. The highest BCUT2D eigenvalue weighted by molar-refractivity contribution is 7.89. The average molecular weight is 433 g/mol. The number of anilines is 1. The second-order valence-corrected chi connectivity index (χ2v) is 9.36. The first-order valence-electron chi connectivity index (χ1n) is 9.63. The van der Waals surface area contributed by atoms with E-state index in [4.69, 9.17) is 5.73 Å². The van der Waals surface area contributed by atoms with E-state index in [9.17, 15) is 13.2 Å². The van der Waals surface area contributed by atoms with Crippen LogP contribution in [0.3, 0.4) is 0 Å². The molecule has 1 saturated heterocycles. The molecule has 1 aromatic rings. The van der Waals surface area contributed by atoms with Gasteiger partial charge in [0.15, 0.2) is 0 Å². The first kappa shape index (κ1) is 24.7. The van der Waals surface area contributed by atoms with Crippen molar-refractivity contribution in [3.63, 3.8) is 0 Å². The molecule has 28 heavy (non-hydrogen) atoms. The van der Waals surface area contributed by atoms with Gasteiger partial charge in [-0.05, 0) is 37.5 Å². The van der Waals surface area contributed by atoms with E-state index >= 15 is 0 Å². The summed E-state index contributed by atoms with van der Waals surface area (Å²) in [5, 5.41) is 2.99. The third kappa shape index (κ3) is 5.83. The summed E-state index contributed by atoms with van der Waals surface area (Å²) in [7, 11) is -0.642. The SMILES string of the molecule is CCCCC(CN)NC(=O)c1cc(S(=O)(=O)N(C)C)ccc1N1CCCC1.Cl. The maximum absolute atomic E-state index is 13.0. The number of nitrogens with one attached hydrogen (secondary N) is 1. The van der Waals surface area contributed by atoms with Crippen LogP contribution in [0.4, 0.5) is 5.69 Å². The van der Waals surface area contributed by atoms with Crippen LogP contribution in [0, 0.1) is 0 Å². The van der Waals surface area contributed by atoms with E-state index in [0.29, 0.717) is 12.1 Å². The maximum Gasteiger partial charge on any atom is 0.253 e. The second-order valence-electron chi connectivity index (χ2n) is 7.21. The standard InChI is InChI=1S/C19H32N4O3S.ClH/c1-4-5-8-15(14-20)21-19(24)17-13-16(27(25,26)22(2)3)9-10-18(17)23-11-6-7-12-23;/h9-10,13,15H,4-8,11-12,14,20H2,1-3H3,(H,21,24);1H. The minimum absolute atomic E-state index is 0. The van der Waals surface area contributed by atoms with Crippen molar-refractivity contribution in [3.8, 4) is 0 Å². The summed E-state index contributed by atoms with van der Waals surface area (Å²) >= 11 is 0. The molecule has 7 nitrogen and oxygen atoms in total. The van der Waals surface area contributed by atoms with Crippen LogP contribution in [-0.4, -0.2) is 58.4 Å². The molecule has 1 aliphatic heterocycles. The molecule has 9 heteroatoms. The number of unbranched alkanes of at least 4 members (excludes halogenated alkanes) is 1. The lowest BCUT2D eigenvalue weighted by Crippen LogP contribution is -2.40. The summed E-state index contributed by atoms with van der Waals surface area (Å²) in [6.07, 6.45) is 4.97. The second kappa shape index (κ2) is 11.0. The zero-order chi connectivity index (χ0) is 20.0. The molecule has 2 rings (SSSR count). The highest BCUT2D eigenvalue weighted by Crippen LogP contribution is 2.28. The Balaban J connectivity index is 0.00000392. The van der Waals surface area contributed by atoms with Crippen molar-refractivity contribution in [1.29, 1.82) is 0 Å². The molecule has 0 aromatic heterocycles. The number of hydrogen-bond acceptors (Lipinski definition) is 5. The van der Waals surface area contributed by atoms with E-state index in [1.54, 1.807) is 12.1 Å². The van der Waals surface area contributed by atoms with Gasteiger partial charge in [-0.1, -0.05) is 19.8 Å². The molecule has 1 unspecified atom stereocenters. The fourth-order valence-corrected chi connectivity index (χ4v) is 4.19. The first-order chi connectivity index (χ1) is 12.8. The van der Waals surface area contributed by atoms with Crippen LogP contribution in [0.25, 0.3) is 0 Å². The number of nitrogens with zero attached hydrogens (tertiary/aromatic N) is 2. The zero-order valence-corrected chi connectivity index (χ0v) is 18.6. The number of nitrogens with two attached hydrogens (primary N) is 1. The Morgan fingerprint density at radius 1 is 1.29 bits per heavy atom. The minimum Gasteiger partial charge on any atom is -0.371 e. The van der Waals surface area contributed by atoms with E-state index in [0.717, 1.165) is 55.2 Å². The summed E-state index contributed by atoms with van der Waals surface area (Å²) < 4.78 is 26.2. The van der Waals surface area contributed by atoms with Crippen molar-refractivity contribution in [3.05, 3.63) is 23.8 Å². The number of sulfonamides is 1. The van der Waals surface area contributed by atoms with Gasteiger partial charge >= 0.3 is 0 Å². The van der Waals surface area contributed by atoms with Crippen LogP contribution < -0.4 is 16.0 Å². The number of benzene rings is 1. The summed E-state index contributed by atoms with van der Waals surface area (Å²) in [5.41, 5.74) is 7.00. The molecule has 0 bridgehead atoms. The Kier molecular flexibility index (Phi) is 9.69. The van der Waals surface area contributed by atoms with Crippen LogP contribution in [0.5, 0.6) is 0 Å². The lowest BCUT2D eigenvalue weighted by Gasteiger charge is -2.24. The number of carbonyl (C=O) groups excluding carboxylic acids is 1. The number of amides is 1. The molecule has 1 atom stereocenters. The third-order valence-electron chi connectivity index (χ3n) is 4.96. The highest BCUT2D eigenvalue weighted by Gasteiger charge is 2.25. The molecular weight excluding hydrogens is 400 g/mol. The zero-order valence-electron chi connectivity index (χ0n) is 17.0. The van der Waals surface area contributed by atoms with Gasteiger partial charge in [0.25, 0.3) is 5.91 Å². The van der Waals surface area contributed by atoms with Crippen LogP contribution in [0.2, 0.25) is 0 Å². The van der Waals surface area contributed by atoms with Crippen LogP contribution in [0.15, 0.2) is 23.1 Å². The van der Waals surface area contributed by atoms with Gasteiger partial charge in [-0.15, -0.1) is 12.4 Å². The summed E-state index contributed by atoms with van der Waals surface area (Å²) in [4.78, 5) is 15.3. The lowest BCUT2D eigenvalue weighted by atomic mass is 10.1. The van der Waals surface area contributed by atoms with Crippen molar-refractivity contribution >= 4 is 34.0 Å². The van der Waals surface area contributed by atoms with Crippen molar-refractivity contribution in [2.24, 2.45) is 5.73 Å². The first-order valence-corrected chi connectivity index (χ1v) is 11.1. The number of rotatable bonds is 9. The van der Waals surface area contributed by atoms with Gasteiger partial charge in [0.05, 0.1) is 10.5 Å². The smallest absolute Gasteiger partial charge is 0.253 e. The normalized spacial score (nSPS) is 15.4. The Labute approximate surface area is 175 Å². The molecule has 0 aliphatic carbocycles.